The Morgan fingerprint density at radius 3 is 2.36 bits per heavy atom. The third-order valence-corrected chi connectivity index (χ3v) is 8.96. The predicted molar refractivity (Wildman–Crippen MR) is 152 cm³/mol. The summed E-state index contributed by atoms with van der Waals surface area (Å²) in [5.74, 6) is 0.233. The van der Waals surface area contributed by atoms with Crippen LogP contribution in [0.1, 0.15) is 60.3 Å². The fourth-order valence-corrected chi connectivity index (χ4v) is 6.41. The normalized spacial score (nSPS) is 18.8. The van der Waals surface area contributed by atoms with Crippen molar-refractivity contribution in [2.24, 2.45) is 0 Å². The number of pyridine rings is 1. The van der Waals surface area contributed by atoms with Crippen LogP contribution in [-0.4, -0.2) is 56.0 Å². The van der Waals surface area contributed by atoms with Crippen LogP contribution in [0.2, 0.25) is 0 Å². The molecule has 2 aromatic carbocycles. The zero-order chi connectivity index (χ0) is 27.8. The van der Waals surface area contributed by atoms with Crippen LogP contribution in [0.5, 0.6) is 5.88 Å². The lowest BCUT2D eigenvalue weighted by molar-refractivity contribution is 0.0637. The standard InChI is InChI=1S/C30H36N4O4S/c1-5-22-8-12-25(13-9-22)39(36,37)32-27-19-30(3,4)38-28-26(27)18-23(20-31-28)29(35)34-16-14-33(15-17-34)24-10-6-21(2)7-11-24/h6-13,18,20,27,32H,5,14-17,19H2,1-4H3/t27-/m0/s1. The van der Waals surface area contributed by atoms with Gasteiger partial charge in [-0.2, -0.15) is 0 Å². The summed E-state index contributed by atoms with van der Waals surface area (Å²) in [5.41, 5.74) is 3.82. The van der Waals surface area contributed by atoms with Crippen molar-refractivity contribution in [3.63, 3.8) is 0 Å². The number of sulfonamides is 1. The first-order chi connectivity index (χ1) is 18.5. The summed E-state index contributed by atoms with van der Waals surface area (Å²) in [6.45, 7) is 10.6. The molecule has 0 unspecified atom stereocenters. The summed E-state index contributed by atoms with van der Waals surface area (Å²) >= 11 is 0. The number of aryl methyl sites for hydroxylation is 2. The van der Waals surface area contributed by atoms with Gasteiger partial charge in [-0.3, -0.25) is 4.79 Å². The van der Waals surface area contributed by atoms with E-state index in [0.717, 1.165) is 30.8 Å². The molecule has 1 atom stereocenters. The van der Waals surface area contributed by atoms with E-state index < -0.39 is 21.7 Å². The Labute approximate surface area is 231 Å². The van der Waals surface area contributed by atoms with Crippen LogP contribution < -0.4 is 14.4 Å². The Bertz CT molecular complexity index is 1450. The highest BCUT2D eigenvalue weighted by molar-refractivity contribution is 7.89. The van der Waals surface area contributed by atoms with Gasteiger partial charge in [0.15, 0.2) is 0 Å². The van der Waals surface area contributed by atoms with E-state index in [4.69, 9.17) is 4.74 Å². The van der Waals surface area contributed by atoms with E-state index in [0.29, 0.717) is 36.5 Å². The molecular formula is C30H36N4O4S. The first-order valence-electron chi connectivity index (χ1n) is 13.5. The third-order valence-electron chi connectivity index (χ3n) is 7.48. The number of piperazine rings is 1. The van der Waals surface area contributed by atoms with E-state index in [2.05, 4.69) is 45.8 Å². The average molecular weight is 549 g/mol. The van der Waals surface area contributed by atoms with Gasteiger partial charge in [0, 0.05) is 50.0 Å². The van der Waals surface area contributed by atoms with Crippen LogP contribution in [0, 0.1) is 6.92 Å². The number of amides is 1. The predicted octanol–water partition coefficient (Wildman–Crippen LogP) is 4.50. The molecule has 5 rings (SSSR count). The van der Waals surface area contributed by atoms with Crippen LogP contribution in [0.4, 0.5) is 5.69 Å². The number of hydrogen-bond donors (Lipinski definition) is 1. The summed E-state index contributed by atoms with van der Waals surface area (Å²) < 4.78 is 35.5. The zero-order valence-corrected chi connectivity index (χ0v) is 23.8. The van der Waals surface area contributed by atoms with Gasteiger partial charge in [0.05, 0.1) is 16.5 Å². The summed E-state index contributed by atoms with van der Waals surface area (Å²) in [4.78, 5) is 22.2. The zero-order valence-electron chi connectivity index (χ0n) is 23.0. The molecule has 39 heavy (non-hydrogen) atoms. The number of carbonyl (C=O) groups is 1. The fraction of sp³-hybridized carbons (Fsp3) is 0.400. The number of hydrogen-bond acceptors (Lipinski definition) is 6. The molecule has 0 bridgehead atoms. The second-order valence-electron chi connectivity index (χ2n) is 11.0. The summed E-state index contributed by atoms with van der Waals surface area (Å²) in [7, 11) is -3.80. The third kappa shape index (κ3) is 5.94. The van der Waals surface area contributed by atoms with E-state index in [1.165, 1.54) is 11.8 Å². The molecule has 3 heterocycles. The summed E-state index contributed by atoms with van der Waals surface area (Å²) in [5, 5.41) is 0. The van der Waals surface area contributed by atoms with Gasteiger partial charge in [0.1, 0.15) is 5.60 Å². The van der Waals surface area contributed by atoms with Crippen molar-refractivity contribution >= 4 is 21.6 Å². The number of nitrogens with one attached hydrogen (secondary N) is 1. The highest BCUT2D eigenvalue weighted by atomic mass is 32.2. The summed E-state index contributed by atoms with van der Waals surface area (Å²) in [6.07, 6.45) is 2.77. The highest BCUT2D eigenvalue weighted by Crippen LogP contribution is 2.39. The highest BCUT2D eigenvalue weighted by Gasteiger charge is 2.38. The molecule has 1 fully saturated rings. The van der Waals surface area contributed by atoms with Crippen molar-refractivity contribution in [3.8, 4) is 5.88 Å². The smallest absolute Gasteiger partial charge is 0.255 e. The Morgan fingerprint density at radius 2 is 1.72 bits per heavy atom. The molecule has 0 spiro atoms. The number of fused-ring (bicyclic) bond motifs is 1. The number of nitrogens with zero attached hydrogens (tertiary/aromatic N) is 3. The second kappa shape index (κ2) is 10.6. The van der Waals surface area contributed by atoms with Gasteiger partial charge in [0.2, 0.25) is 15.9 Å². The van der Waals surface area contributed by atoms with E-state index in [1.807, 2.05) is 37.8 Å². The van der Waals surface area contributed by atoms with Crippen molar-refractivity contribution in [1.29, 1.82) is 0 Å². The number of carbonyl (C=O) groups excluding carboxylic acids is 1. The number of ether oxygens (including phenoxy) is 1. The fourth-order valence-electron chi connectivity index (χ4n) is 5.20. The van der Waals surface area contributed by atoms with Gasteiger partial charge < -0.3 is 14.5 Å². The first-order valence-corrected chi connectivity index (χ1v) is 14.9. The maximum Gasteiger partial charge on any atom is 0.255 e. The lowest BCUT2D eigenvalue weighted by atomic mass is 9.91. The van der Waals surface area contributed by atoms with Gasteiger partial charge in [-0.1, -0.05) is 36.8 Å². The van der Waals surface area contributed by atoms with E-state index in [9.17, 15) is 13.2 Å². The van der Waals surface area contributed by atoms with Gasteiger partial charge >= 0.3 is 0 Å². The van der Waals surface area contributed by atoms with Crippen molar-refractivity contribution in [3.05, 3.63) is 83.0 Å². The van der Waals surface area contributed by atoms with E-state index in [-0.39, 0.29) is 10.8 Å². The van der Waals surface area contributed by atoms with Gasteiger partial charge in [-0.25, -0.2) is 18.1 Å². The number of benzene rings is 2. The quantitative estimate of drug-likeness (QED) is 0.488. The SMILES string of the molecule is CCc1ccc(S(=O)(=O)N[C@H]2CC(C)(C)Oc3ncc(C(=O)N4CCN(c5ccc(C)cc5)CC4)cc32)cc1. The van der Waals surface area contributed by atoms with Gasteiger partial charge in [0.25, 0.3) is 5.91 Å². The molecule has 206 valence electrons. The van der Waals surface area contributed by atoms with Crippen molar-refractivity contribution < 1.29 is 17.9 Å². The topological polar surface area (TPSA) is 91.8 Å². The van der Waals surface area contributed by atoms with E-state index >= 15 is 0 Å². The average Bonchev–Trinajstić information content (AvgIpc) is 2.92. The molecule has 3 aromatic rings. The second-order valence-corrected chi connectivity index (χ2v) is 12.7. The molecule has 1 N–H and O–H groups in total. The molecule has 1 amide bonds. The van der Waals surface area contributed by atoms with Crippen molar-refractivity contribution in [2.45, 2.75) is 57.1 Å². The van der Waals surface area contributed by atoms with Crippen LogP contribution >= 0.6 is 0 Å². The maximum atomic E-state index is 13.5. The van der Waals surface area contributed by atoms with Crippen molar-refractivity contribution in [2.75, 3.05) is 31.1 Å². The number of rotatable bonds is 6. The Hall–Kier alpha value is -3.43. The molecule has 0 radical (unpaired) electrons. The van der Waals surface area contributed by atoms with Crippen LogP contribution in [-0.2, 0) is 16.4 Å². The summed E-state index contributed by atoms with van der Waals surface area (Å²) in [6, 6.07) is 16.5. The van der Waals surface area contributed by atoms with Gasteiger partial charge in [-0.15, -0.1) is 0 Å². The van der Waals surface area contributed by atoms with E-state index in [1.54, 1.807) is 18.2 Å². The maximum absolute atomic E-state index is 13.5. The van der Waals surface area contributed by atoms with Crippen molar-refractivity contribution in [1.82, 2.24) is 14.6 Å². The molecular weight excluding hydrogens is 512 g/mol. The molecule has 8 nitrogen and oxygen atoms in total. The minimum atomic E-state index is -3.80. The molecule has 0 aliphatic carbocycles. The minimum absolute atomic E-state index is 0.115. The lowest BCUT2D eigenvalue weighted by Crippen LogP contribution is -2.49. The van der Waals surface area contributed by atoms with Crippen LogP contribution in [0.3, 0.4) is 0 Å². The largest absolute Gasteiger partial charge is 0.471 e. The molecule has 9 heteroatoms. The van der Waals surface area contributed by atoms with Gasteiger partial charge in [-0.05, 0) is 63.1 Å². The van der Waals surface area contributed by atoms with Crippen LogP contribution in [0.25, 0.3) is 0 Å². The molecule has 2 aliphatic heterocycles. The van der Waals surface area contributed by atoms with Crippen LogP contribution in [0.15, 0.2) is 65.7 Å². The Morgan fingerprint density at radius 1 is 1.05 bits per heavy atom. The lowest BCUT2D eigenvalue weighted by Gasteiger charge is -2.38. The molecule has 1 saturated heterocycles. The Balaban J connectivity index is 1.34. The monoisotopic (exact) mass is 548 g/mol. The number of aromatic nitrogens is 1. The first kappa shape index (κ1) is 27.1. The molecule has 1 aromatic heterocycles. The molecule has 2 aliphatic rings. The Kier molecular flexibility index (Phi) is 7.39. The molecule has 0 saturated carbocycles. The minimum Gasteiger partial charge on any atom is -0.471 e. The number of anilines is 1.